The molecule has 0 aliphatic rings. The molecule has 0 aliphatic heterocycles. The largest absolute Gasteiger partial charge is 0.387 e. The van der Waals surface area contributed by atoms with Gasteiger partial charge in [-0.1, -0.05) is 23.7 Å². The van der Waals surface area contributed by atoms with Crippen LogP contribution in [0.5, 0.6) is 0 Å². The maximum atomic E-state index is 9.37. The van der Waals surface area contributed by atoms with Crippen molar-refractivity contribution in [2.45, 2.75) is 19.4 Å². The summed E-state index contributed by atoms with van der Waals surface area (Å²) in [4.78, 5) is 4.36. The van der Waals surface area contributed by atoms with Crippen molar-refractivity contribution >= 4 is 22.9 Å². The van der Waals surface area contributed by atoms with Crippen LogP contribution >= 0.6 is 22.9 Å². The summed E-state index contributed by atoms with van der Waals surface area (Å²) in [5.74, 6) is 0. The van der Waals surface area contributed by atoms with Crippen molar-refractivity contribution in [1.29, 1.82) is 0 Å². The number of rotatable bonds is 3. The lowest BCUT2D eigenvalue weighted by Gasteiger charge is -1.99. The number of hydrogen-bond donors (Lipinski definition) is 1. The van der Waals surface area contributed by atoms with Crippen LogP contribution in [0.2, 0.25) is 5.02 Å². The zero-order valence-electron chi connectivity index (χ0n) is 8.85. The van der Waals surface area contributed by atoms with Crippen LogP contribution < -0.4 is 0 Å². The Morgan fingerprint density at radius 3 is 2.94 bits per heavy atom. The maximum Gasteiger partial charge on any atom is 0.0973 e. The topological polar surface area (TPSA) is 33.1 Å². The Balaban J connectivity index is 2.14. The summed E-state index contributed by atoms with van der Waals surface area (Å²) >= 11 is 7.47. The fraction of sp³-hybridized carbons (Fsp3) is 0.250. The van der Waals surface area contributed by atoms with Crippen molar-refractivity contribution in [3.8, 4) is 0 Å². The highest BCUT2D eigenvalue weighted by Crippen LogP contribution is 2.20. The monoisotopic (exact) mass is 253 g/mol. The van der Waals surface area contributed by atoms with Gasteiger partial charge in [0.2, 0.25) is 0 Å². The van der Waals surface area contributed by atoms with E-state index in [0.29, 0.717) is 0 Å². The second-order valence-electron chi connectivity index (χ2n) is 3.65. The molecule has 1 N–H and O–H groups in total. The first-order valence-electron chi connectivity index (χ1n) is 5.02. The summed E-state index contributed by atoms with van der Waals surface area (Å²) in [5, 5.41) is 13.0. The van der Waals surface area contributed by atoms with Gasteiger partial charge in [-0.25, -0.2) is 4.98 Å². The molecule has 1 unspecified atom stereocenters. The van der Waals surface area contributed by atoms with Crippen molar-refractivity contribution in [3.05, 3.63) is 50.9 Å². The van der Waals surface area contributed by atoms with Crippen LogP contribution in [0.25, 0.3) is 0 Å². The van der Waals surface area contributed by atoms with Crippen LogP contribution in [0.1, 0.15) is 29.3 Å². The van der Waals surface area contributed by atoms with Crippen molar-refractivity contribution < 1.29 is 5.11 Å². The molecule has 4 heteroatoms. The number of aliphatic hydroxyl groups is 1. The molecular formula is C12H12ClNOS. The Morgan fingerprint density at radius 1 is 1.50 bits per heavy atom. The summed E-state index contributed by atoms with van der Waals surface area (Å²) in [6.45, 7) is 1.72. The van der Waals surface area contributed by atoms with Gasteiger partial charge in [-0.05, 0) is 24.6 Å². The molecule has 1 aromatic carbocycles. The fourth-order valence-electron chi connectivity index (χ4n) is 1.42. The molecule has 0 saturated carbocycles. The van der Waals surface area contributed by atoms with E-state index in [4.69, 9.17) is 11.6 Å². The average molecular weight is 254 g/mol. The molecule has 0 saturated heterocycles. The SMILES string of the molecule is CC(O)c1csc(Cc2cccc(Cl)c2)n1. The van der Waals surface area contributed by atoms with E-state index in [1.165, 1.54) is 0 Å². The highest BCUT2D eigenvalue weighted by molar-refractivity contribution is 7.09. The average Bonchev–Trinajstić information content (AvgIpc) is 2.66. The van der Waals surface area contributed by atoms with Crippen LogP contribution in [0.3, 0.4) is 0 Å². The smallest absolute Gasteiger partial charge is 0.0973 e. The number of halogens is 1. The van der Waals surface area contributed by atoms with Gasteiger partial charge < -0.3 is 5.11 Å². The van der Waals surface area contributed by atoms with Gasteiger partial charge in [-0.2, -0.15) is 0 Å². The molecule has 1 heterocycles. The third-order valence-electron chi connectivity index (χ3n) is 2.24. The second-order valence-corrected chi connectivity index (χ2v) is 5.03. The molecule has 1 aromatic heterocycles. The molecule has 2 nitrogen and oxygen atoms in total. The summed E-state index contributed by atoms with van der Waals surface area (Å²) in [5.41, 5.74) is 1.88. The first-order chi connectivity index (χ1) is 7.65. The Morgan fingerprint density at radius 2 is 2.31 bits per heavy atom. The van der Waals surface area contributed by atoms with Crippen LogP contribution in [0, 0.1) is 0 Å². The molecule has 0 amide bonds. The molecule has 0 spiro atoms. The second kappa shape index (κ2) is 4.95. The molecule has 84 valence electrons. The van der Waals surface area contributed by atoms with Gasteiger partial charge in [-0.3, -0.25) is 0 Å². The minimum Gasteiger partial charge on any atom is -0.387 e. The minimum atomic E-state index is -0.496. The molecule has 2 rings (SSSR count). The number of aromatic nitrogens is 1. The number of thiazole rings is 1. The molecule has 2 aromatic rings. The van der Waals surface area contributed by atoms with Gasteiger partial charge in [-0.15, -0.1) is 11.3 Å². The Hall–Kier alpha value is -0.900. The first kappa shape index (κ1) is 11.6. The Bertz CT molecular complexity index is 481. The van der Waals surface area contributed by atoms with Gasteiger partial charge in [0.05, 0.1) is 16.8 Å². The predicted octanol–water partition coefficient (Wildman–Crippen LogP) is 3.44. The van der Waals surface area contributed by atoms with Crippen LogP contribution in [-0.4, -0.2) is 10.1 Å². The van der Waals surface area contributed by atoms with E-state index in [-0.39, 0.29) is 0 Å². The van der Waals surface area contributed by atoms with Crippen LogP contribution in [0.15, 0.2) is 29.6 Å². The first-order valence-corrected chi connectivity index (χ1v) is 6.28. The van der Waals surface area contributed by atoms with E-state index in [1.54, 1.807) is 18.3 Å². The van der Waals surface area contributed by atoms with Gasteiger partial charge in [0, 0.05) is 16.8 Å². The van der Waals surface area contributed by atoms with Gasteiger partial charge in [0.15, 0.2) is 0 Å². The highest BCUT2D eigenvalue weighted by Gasteiger charge is 2.07. The van der Waals surface area contributed by atoms with Crippen molar-refractivity contribution in [1.82, 2.24) is 4.98 Å². The van der Waals surface area contributed by atoms with Gasteiger partial charge in [0.25, 0.3) is 0 Å². The van der Waals surface area contributed by atoms with Crippen molar-refractivity contribution in [2.75, 3.05) is 0 Å². The molecule has 1 atom stereocenters. The summed E-state index contributed by atoms with van der Waals surface area (Å²) < 4.78 is 0. The third-order valence-corrected chi connectivity index (χ3v) is 3.34. The van der Waals surface area contributed by atoms with E-state index in [0.717, 1.165) is 27.7 Å². The Kier molecular flexibility index (Phi) is 3.59. The number of hydrogen-bond acceptors (Lipinski definition) is 3. The maximum absolute atomic E-state index is 9.37. The molecule has 16 heavy (non-hydrogen) atoms. The lowest BCUT2D eigenvalue weighted by Crippen LogP contribution is -1.92. The zero-order valence-corrected chi connectivity index (χ0v) is 10.4. The lowest BCUT2D eigenvalue weighted by molar-refractivity contribution is 0.195. The molecular weight excluding hydrogens is 242 g/mol. The number of benzene rings is 1. The van der Waals surface area contributed by atoms with E-state index in [1.807, 2.05) is 29.6 Å². The summed E-state index contributed by atoms with van der Waals surface area (Å²) in [6.07, 6.45) is 0.266. The van der Waals surface area contributed by atoms with Crippen LogP contribution in [0.4, 0.5) is 0 Å². The van der Waals surface area contributed by atoms with Gasteiger partial charge in [0.1, 0.15) is 0 Å². The standard InChI is InChI=1S/C12H12ClNOS/c1-8(15)11-7-16-12(14-11)6-9-3-2-4-10(13)5-9/h2-5,7-8,15H,6H2,1H3. The summed E-state index contributed by atoms with van der Waals surface area (Å²) in [7, 11) is 0. The predicted molar refractivity (Wildman–Crippen MR) is 67.0 cm³/mol. The van der Waals surface area contributed by atoms with Crippen molar-refractivity contribution in [2.24, 2.45) is 0 Å². The number of aliphatic hydroxyl groups excluding tert-OH is 1. The molecule has 0 radical (unpaired) electrons. The normalized spacial score (nSPS) is 12.7. The molecule has 0 fully saturated rings. The highest BCUT2D eigenvalue weighted by atomic mass is 35.5. The number of nitrogens with zero attached hydrogens (tertiary/aromatic N) is 1. The van der Waals surface area contributed by atoms with Crippen LogP contribution in [-0.2, 0) is 6.42 Å². The fourth-order valence-corrected chi connectivity index (χ4v) is 2.55. The lowest BCUT2D eigenvalue weighted by atomic mass is 10.2. The van der Waals surface area contributed by atoms with E-state index >= 15 is 0 Å². The van der Waals surface area contributed by atoms with E-state index < -0.39 is 6.10 Å². The quantitative estimate of drug-likeness (QED) is 0.909. The van der Waals surface area contributed by atoms with Gasteiger partial charge >= 0.3 is 0 Å². The summed E-state index contributed by atoms with van der Waals surface area (Å²) in [6, 6.07) is 7.75. The molecule has 0 bridgehead atoms. The zero-order chi connectivity index (χ0) is 11.5. The molecule has 0 aliphatic carbocycles. The minimum absolute atomic E-state index is 0.496. The van der Waals surface area contributed by atoms with Crippen molar-refractivity contribution in [3.63, 3.8) is 0 Å². The van der Waals surface area contributed by atoms with E-state index in [9.17, 15) is 5.11 Å². The Labute approximate surface area is 104 Å². The third kappa shape index (κ3) is 2.82. The van der Waals surface area contributed by atoms with E-state index in [2.05, 4.69) is 4.98 Å².